The fraction of sp³-hybridized carbons (Fsp3) is 0.556. The van der Waals surface area contributed by atoms with Crippen molar-refractivity contribution in [3.05, 3.63) is 35.4 Å². The lowest BCUT2D eigenvalue weighted by atomic mass is 9.86. The summed E-state index contributed by atoms with van der Waals surface area (Å²) in [4.78, 5) is 25.2. The molecule has 5 heteroatoms. The fourth-order valence-corrected chi connectivity index (χ4v) is 3.74. The topological polar surface area (TPSA) is 69.6 Å². The first-order valence-electron chi connectivity index (χ1n) is 8.37. The molecule has 2 amide bonds. The molecule has 1 fully saturated rings. The first-order valence-corrected chi connectivity index (χ1v) is 8.37. The molecule has 2 N–H and O–H groups in total. The Morgan fingerprint density at radius 1 is 1.09 bits per heavy atom. The maximum Gasteiger partial charge on any atom is 0.317 e. The highest BCUT2D eigenvalue weighted by molar-refractivity contribution is 5.75. The van der Waals surface area contributed by atoms with Gasteiger partial charge in [-0.3, -0.25) is 4.79 Å². The average Bonchev–Trinajstić information content (AvgIpc) is 2.98. The number of hydrogen-bond acceptors (Lipinski definition) is 2. The minimum absolute atomic E-state index is 0.0402. The van der Waals surface area contributed by atoms with Crippen molar-refractivity contribution in [2.45, 2.75) is 50.6 Å². The van der Waals surface area contributed by atoms with Crippen molar-refractivity contribution in [1.82, 2.24) is 10.2 Å². The molecule has 0 radical (unpaired) electrons. The van der Waals surface area contributed by atoms with Crippen LogP contribution >= 0.6 is 0 Å². The van der Waals surface area contributed by atoms with Gasteiger partial charge in [0, 0.05) is 19.1 Å². The third-order valence-corrected chi connectivity index (χ3v) is 5.30. The van der Waals surface area contributed by atoms with Crippen molar-refractivity contribution in [2.24, 2.45) is 5.92 Å². The molecule has 0 aromatic heterocycles. The Kier molecular flexibility index (Phi) is 4.55. The molecule has 124 valence electrons. The molecule has 0 bridgehead atoms. The summed E-state index contributed by atoms with van der Waals surface area (Å²) in [5.41, 5.74) is 2.67. The number of fused-ring (bicyclic) bond motifs is 1. The second-order valence-electron chi connectivity index (χ2n) is 6.78. The molecule has 0 saturated heterocycles. The summed E-state index contributed by atoms with van der Waals surface area (Å²) in [6.45, 7) is 0. The van der Waals surface area contributed by atoms with Crippen LogP contribution in [-0.2, 0) is 17.6 Å². The Morgan fingerprint density at radius 2 is 1.65 bits per heavy atom. The lowest BCUT2D eigenvalue weighted by Gasteiger charge is -2.31. The van der Waals surface area contributed by atoms with E-state index in [1.54, 1.807) is 0 Å². The van der Waals surface area contributed by atoms with E-state index in [0.29, 0.717) is 12.8 Å². The summed E-state index contributed by atoms with van der Waals surface area (Å²) in [6.07, 6.45) is 4.62. The zero-order valence-corrected chi connectivity index (χ0v) is 13.5. The highest BCUT2D eigenvalue weighted by Gasteiger charge is 2.30. The van der Waals surface area contributed by atoms with Gasteiger partial charge in [0.2, 0.25) is 0 Å². The summed E-state index contributed by atoms with van der Waals surface area (Å²) in [7, 11) is 1.86. The molecule has 23 heavy (non-hydrogen) atoms. The number of urea groups is 1. The lowest BCUT2D eigenvalue weighted by Crippen LogP contribution is -2.48. The van der Waals surface area contributed by atoms with E-state index in [1.807, 2.05) is 24.1 Å². The second-order valence-corrected chi connectivity index (χ2v) is 6.78. The number of nitrogens with zero attached hydrogens (tertiary/aromatic N) is 1. The summed E-state index contributed by atoms with van der Waals surface area (Å²) in [5.74, 6) is -0.958. The van der Waals surface area contributed by atoms with E-state index in [0.717, 1.165) is 25.7 Å². The standard InChI is InChI=1S/C18H24N2O3/c1-20(16-10-13-4-2-3-5-14(13)11-16)18(23)19-15-8-6-12(7-9-15)17(21)22/h2-5,12,15-16H,6-11H2,1H3,(H,19,23)(H,21,22). The SMILES string of the molecule is CN(C(=O)NC1CCC(C(=O)O)CC1)C1Cc2ccccc2C1. The number of hydrogen-bond donors (Lipinski definition) is 2. The van der Waals surface area contributed by atoms with E-state index in [-0.39, 0.29) is 24.0 Å². The largest absolute Gasteiger partial charge is 0.481 e. The fourth-order valence-electron chi connectivity index (χ4n) is 3.74. The molecule has 2 aliphatic rings. The molecule has 1 saturated carbocycles. The highest BCUT2D eigenvalue weighted by Crippen LogP contribution is 2.26. The molecule has 0 heterocycles. The quantitative estimate of drug-likeness (QED) is 0.900. The van der Waals surface area contributed by atoms with Crippen LogP contribution in [0.3, 0.4) is 0 Å². The lowest BCUT2D eigenvalue weighted by molar-refractivity contribution is -0.142. The molecule has 0 atom stereocenters. The van der Waals surface area contributed by atoms with Gasteiger partial charge in [-0.2, -0.15) is 0 Å². The van der Waals surface area contributed by atoms with Crippen molar-refractivity contribution in [3.63, 3.8) is 0 Å². The number of aliphatic carboxylic acids is 1. The second kappa shape index (κ2) is 6.60. The van der Waals surface area contributed by atoms with Gasteiger partial charge in [-0.1, -0.05) is 24.3 Å². The average molecular weight is 316 g/mol. The summed E-state index contributed by atoms with van der Waals surface area (Å²) in [6, 6.07) is 8.63. The molecule has 3 rings (SSSR count). The minimum atomic E-state index is -0.712. The van der Waals surface area contributed by atoms with E-state index in [2.05, 4.69) is 17.4 Å². The van der Waals surface area contributed by atoms with Gasteiger partial charge in [-0.15, -0.1) is 0 Å². The van der Waals surface area contributed by atoms with Crippen LogP contribution in [0.4, 0.5) is 4.79 Å². The van der Waals surface area contributed by atoms with Crippen LogP contribution in [0.5, 0.6) is 0 Å². The monoisotopic (exact) mass is 316 g/mol. The number of likely N-dealkylation sites (N-methyl/N-ethyl adjacent to an activating group) is 1. The zero-order valence-electron chi connectivity index (χ0n) is 13.5. The molecule has 0 spiro atoms. The zero-order chi connectivity index (χ0) is 16.4. The Balaban J connectivity index is 1.51. The van der Waals surface area contributed by atoms with Gasteiger partial charge in [0.15, 0.2) is 0 Å². The van der Waals surface area contributed by atoms with Crippen molar-refractivity contribution < 1.29 is 14.7 Å². The number of carboxylic acids is 1. The normalized spacial score (nSPS) is 24.0. The van der Waals surface area contributed by atoms with Crippen molar-refractivity contribution in [2.75, 3.05) is 7.05 Å². The first-order chi connectivity index (χ1) is 11.0. The molecule has 5 nitrogen and oxygen atoms in total. The van der Waals surface area contributed by atoms with Crippen LogP contribution in [-0.4, -0.2) is 41.1 Å². The van der Waals surface area contributed by atoms with E-state index >= 15 is 0 Å². The molecule has 0 aliphatic heterocycles. The maximum absolute atomic E-state index is 12.5. The number of rotatable bonds is 3. The maximum atomic E-state index is 12.5. The number of nitrogens with one attached hydrogen (secondary N) is 1. The number of carbonyl (C=O) groups excluding carboxylic acids is 1. The van der Waals surface area contributed by atoms with E-state index in [4.69, 9.17) is 5.11 Å². The molecule has 1 aromatic carbocycles. The molecular formula is C18H24N2O3. The van der Waals surface area contributed by atoms with Crippen LogP contribution in [0.1, 0.15) is 36.8 Å². The van der Waals surface area contributed by atoms with Crippen molar-refractivity contribution in [1.29, 1.82) is 0 Å². The van der Waals surface area contributed by atoms with Crippen molar-refractivity contribution >= 4 is 12.0 Å². The van der Waals surface area contributed by atoms with Crippen LogP contribution in [0.15, 0.2) is 24.3 Å². The molecule has 0 unspecified atom stereocenters. The Morgan fingerprint density at radius 3 is 2.17 bits per heavy atom. The minimum Gasteiger partial charge on any atom is -0.481 e. The molecule has 1 aromatic rings. The third kappa shape index (κ3) is 3.49. The van der Waals surface area contributed by atoms with Gasteiger partial charge < -0.3 is 15.3 Å². The molecule has 2 aliphatic carbocycles. The van der Waals surface area contributed by atoms with E-state index in [1.165, 1.54) is 11.1 Å². The van der Waals surface area contributed by atoms with Crippen molar-refractivity contribution in [3.8, 4) is 0 Å². The third-order valence-electron chi connectivity index (χ3n) is 5.30. The van der Waals surface area contributed by atoms with Crippen LogP contribution in [0.25, 0.3) is 0 Å². The van der Waals surface area contributed by atoms with Gasteiger partial charge in [0.1, 0.15) is 0 Å². The van der Waals surface area contributed by atoms with Crippen LogP contribution in [0, 0.1) is 5.92 Å². The predicted octanol–water partition coefficient (Wildman–Crippen LogP) is 2.44. The number of amides is 2. The summed E-state index contributed by atoms with van der Waals surface area (Å²) < 4.78 is 0. The van der Waals surface area contributed by atoms with Gasteiger partial charge in [-0.05, 0) is 49.7 Å². The Bertz CT molecular complexity index is 569. The summed E-state index contributed by atoms with van der Waals surface area (Å²) >= 11 is 0. The van der Waals surface area contributed by atoms with Gasteiger partial charge in [-0.25, -0.2) is 4.79 Å². The van der Waals surface area contributed by atoms with E-state index in [9.17, 15) is 9.59 Å². The number of benzene rings is 1. The van der Waals surface area contributed by atoms with Gasteiger partial charge in [0.25, 0.3) is 0 Å². The smallest absolute Gasteiger partial charge is 0.317 e. The predicted molar refractivity (Wildman–Crippen MR) is 87.3 cm³/mol. The molecular weight excluding hydrogens is 292 g/mol. The van der Waals surface area contributed by atoms with Gasteiger partial charge in [0.05, 0.1) is 5.92 Å². The summed E-state index contributed by atoms with van der Waals surface area (Å²) in [5, 5.41) is 12.1. The number of carbonyl (C=O) groups is 2. The Labute approximate surface area is 136 Å². The first kappa shape index (κ1) is 15.8. The van der Waals surface area contributed by atoms with Crippen LogP contribution in [0.2, 0.25) is 0 Å². The number of carboxylic acid groups (broad SMARTS) is 1. The van der Waals surface area contributed by atoms with Gasteiger partial charge >= 0.3 is 12.0 Å². The van der Waals surface area contributed by atoms with Crippen LogP contribution < -0.4 is 5.32 Å². The van der Waals surface area contributed by atoms with E-state index < -0.39 is 5.97 Å². The highest BCUT2D eigenvalue weighted by atomic mass is 16.4. The Hall–Kier alpha value is -2.04.